The first-order valence-electron chi connectivity index (χ1n) is 8.21. The number of carbonyl (C=O) groups is 2. The van der Waals surface area contributed by atoms with Gasteiger partial charge in [0.15, 0.2) is 6.10 Å². The molecule has 2 rings (SSSR count). The lowest BCUT2D eigenvalue weighted by atomic mass is 9.97. The summed E-state index contributed by atoms with van der Waals surface area (Å²) in [6, 6.07) is 1.81. The Kier molecular flexibility index (Phi) is 6.39. The molecule has 0 saturated heterocycles. The van der Waals surface area contributed by atoms with Crippen LogP contribution >= 0.6 is 11.3 Å². The summed E-state index contributed by atoms with van der Waals surface area (Å²) in [5.41, 5.74) is 1.98. The molecule has 1 aliphatic carbocycles. The molecule has 1 heterocycles. The van der Waals surface area contributed by atoms with Gasteiger partial charge in [-0.05, 0) is 58.9 Å². The van der Waals surface area contributed by atoms with Crippen molar-refractivity contribution >= 4 is 23.2 Å². The monoisotopic (exact) mass is 335 g/mol. The minimum absolute atomic E-state index is 0.237. The number of ether oxygens (including phenoxy) is 1. The number of allylic oxidation sites excluding steroid dienone is 1. The van der Waals surface area contributed by atoms with E-state index in [1.807, 2.05) is 19.9 Å². The Balaban J connectivity index is 1.77. The van der Waals surface area contributed by atoms with Gasteiger partial charge >= 0.3 is 5.97 Å². The minimum Gasteiger partial charge on any atom is -0.449 e. The summed E-state index contributed by atoms with van der Waals surface area (Å²) in [4.78, 5) is 26.1. The van der Waals surface area contributed by atoms with E-state index >= 15 is 0 Å². The standard InChI is InChI=1S/C18H25NO3S/c1-12-11-16(14(3)23-12)18(21)22-13(2)17(20)19-10-9-15-7-5-4-6-8-15/h7,11,13H,4-6,8-10H2,1-3H3,(H,19,20)/t13-/m1/s1. The number of amides is 1. The summed E-state index contributed by atoms with van der Waals surface area (Å²) in [7, 11) is 0. The third-order valence-corrected chi connectivity index (χ3v) is 5.01. The first-order chi connectivity index (χ1) is 11.0. The molecule has 0 unspecified atom stereocenters. The smallest absolute Gasteiger partial charge is 0.340 e. The number of aryl methyl sites for hydroxylation is 2. The fourth-order valence-corrected chi connectivity index (χ4v) is 3.64. The average Bonchev–Trinajstić information content (AvgIpc) is 2.87. The Morgan fingerprint density at radius 3 is 2.74 bits per heavy atom. The number of rotatable bonds is 6. The molecule has 1 atom stereocenters. The molecular formula is C18H25NO3S. The molecule has 1 aromatic heterocycles. The predicted molar refractivity (Wildman–Crippen MR) is 92.8 cm³/mol. The average molecular weight is 335 g/mol. The summed E-state index contributed by atoms with van der Waals surface area (Å²) in [6.45, 7) is 6.05. The minimum atomic E-state index is -0.776. The molecule has 0 saturated carbocycles. The molecule has 0 aromatic carbocycles. The van der Waals surface area contributed by atoms with E-state index in [1.165, 1.54) is 18.4 Å². The molecule has 0 radical (unpaired) electrons. The lowest BCUT2D eigenvalue weighted by molar-refractivity contribution is -0.129. The van der Waals surface area contributed by atoms with E-state index < -0.39 is 12.1 Å². The third-order valence-electron chi connectivity index (χ3n) is 4.04. The van der Waals surface area contributed by atoms with Crippen LogP contribution in [-0.2, 0) is 9.53 Å². The number of carbonyl (C=O) groups excluding carboxylic acids is 2. The fourth-order valence-electron chi connectivity index (χ4n) is 2.73. The molecule has 1 N–H and O–H groups in total. The van der Waals surface area contributed by atoms with Crippen molar-refractivity contribution in [2.24, 2.45) is 0 Å². The topological polar surface area (TPSA) is 55.4 Å². The van der Waals surface area contributed by atoms with Crippen LogP contribution in [0, 0.1) is 13.8 Å². The lowest BCUT2D eigenvalue weighted by Gasteiger charge is -2.15. The number of thiophene rings is 1. The van der Waals surface area contributed by atoms with E-state index in [-0.39, 0.29) is 5.91 Å². The molecule has 0 bridgehead atoms. The number of nitrogens with one attached hydrogen (secondary N) is 1. The van der Waals surface area contributed by atoms with Crippen LogP contribution < -0.4 is 5.32 Å². The van der Waals surface area contributed by atoms with Gasteiger partial charge in [0.2, 0.25) is 0 Å². The van der Waals surface area contributed by atoms with Gasteiger partial charge in [-0.2, -0.15) is 0 Å². The van der Waals surface area contributed by atoms with Crippen molar-refractivity contribution in [1.29, 1.82) is 0 Å². The van der Waals surface area contributed by atoms with Gasteiger partial charge in [-0.15, -0.1) is 11.3 Å². The van der Waals surface area contributed by atoms with Crippen molar-refractivity contribution in [3.63, 3.8) is 0 Å². The fraction of sp³-hybridized carbons (Fsp3) is 0.556. The first-order valence-corrected chi connectivity index (χ1v) is 9.02. The molecule has 23 heavy (non-hydrogen) atoms. The Hall–Kier alpha value is -1.62. The SMILES string of the molecule is Cc1cc(C(=O)O[C@H](C)C(=O)NCCC2=CCCCC2)c(C)s1. The van der Waals surface area contributed by atoms with E-state index in [0.29, 0.717) is 12.1 Å². The van der Waals surface area contributed by atoms with Crippen molar-refractivity contribution in [2.45, 2.75) is 59.0 Å². The zero-order valence-corrected chi connectivity index (χ0v) is 14.9. The molecule has 0 aliphatic heterocycles. The molecule has 126 valence electrons. The second-order valence-corrected chi connectivity index (χ2v) is 7.48. The highest BCUT2D eigenvalue weighted by atomic mass is 32.1. The van der Waals surface area contributed by atoms with E-state index in [9.17, 15) is 9.59 Å². The van der Waals surface area contributed by atoms with Gasteiger partial charge in [0.25, 0.3) is 5.91 Å². The number of hydrogen-bond donors (Lipinski definition) is 1. The number of hydrogen-bond acceptors (Lipinski definition) is 4. The van der Waals surface area contributed by atoms with E-state index in [4.69, 9.17) is 4.74 Å². The molecule has 4 nitrogen and oxygen atoms in total. The third kappa shape index (κ3) is 5.20. The summed E-state index contributed by atoms with van der Waals surface area (Å²) in [5.74, 6) is -0.663. The molecule has 1 amide bonds. The lowest BCUT2D eigenvalue weighted by Crippen LogP contribution is -2.36. The maximum absolute atomic E-state index is 12.1. The highest BCUT2D eigenvalue weighted by Crippen LogP contribution is 2.22. The molecule has 0 spiro atoms. The molecule has 0 fully saturated rings. The highest BCUT2D eigenvalue weighted by Gasteiger charge is 2.21. The van der Waals surface area contributed by atoms with Crippen molar-refractivity contribution in [2.75, 3.05) is 6.54 Å². The van der Waals surface area contributed by atoms with Gasteiger partial charge < -0.3 is 10.1 Å². The molecule has 1 aromatic rings. The van der Waals surface area contributed by atoms with Crippen molar-refractivity contribution in [3.8, 4) is 0 Å². The largest absolute Gasteiger partial charge is 0.449 e. The van der Waals surface area contributed by atoms with E-state index in [2.05, 4.69) is 11.4 Å². The van der Waals surface area contributed by atoms with Gasteiger partial charge in [-0.1, -0.05) is 11.6 Å². The highest BCUT2D eigenvalue weighted by molar-refractivity contribution is 7.12. The second-order valence-electron chi connectivity index (χ2n) is 6.02. The summed E-state index contributed by atoms with van der Waals surface area (Å²) < 4.78 is 5.28. The Labute approximate surface area is 141 Å². The van der Waals surface area contributed by atoms with E-state index in [1.54, 1.807) is 18.3 Å². The Morgan fingerprint density at radius 2 is 2.13 bits per heavy atom. The normalized spacial score (nSPS) is 15.7. The Bertz CT molecular complexity index is 603. The van der Waals surface area contributed by atoms with Gasteiger partial charge in [-0.25, -0.2) is 4.79 Å². The van der Waals surface area contributed by atoms with Crippen LogP contribution in [0.25, 0.3) is 0 Å². The molecular weight excluding hydrogens is 310 g/mol. The van der Waals surface area contributed by atoms with Gasteiger partial charge in [0.05, 0.1) is 5.56 Å². The summed E-state index contributed by atoms with van der Waals surface area (Å²) >= 11 is 1.56. The zero-order valence-electron chi connectivity index (χ0n) is 14.1. The first kappa shape index (κ1) is 17.7. The van der Waals surface area contributed by atoms with Gasteiger partial charge in [0, 0.05) is 16.3 Å². The van der Waals surface area contributed by atoms with Crippen LogP contribution in [0.3, 0.4) is 0 Å². The van der Waals surface area contributed by atoms with Crippen LogP contribution in [0.1, 0.15) is 59.1 Å². The van der Waals surface area contributed by atoms with Crippen molar-refractivity contribution in [1.82, 2.24) is 5.32 Å². The van der Waals surface area contributed by atoms with Crippen LogP contribution in [0.15, 0.2) is 17.7 Å². The van der Waals surface area contributed by atoms with Gasteiger partial charge in [0.1, 0.15) is 0 Å². The number of esters is 1. The van der Waals surface area contributed by atoms with Gasteiger partial charge in [-0.3, -0.25) is 4.79 Å². The van der Waals surface area contributed by atoms with Crippen LogP contribution in [0.5, 0.6) is 0 Å². The Morgan fingerprint density at radius 1 is 1.35 bits per heavy atom. The van der Waals surface area contributed by atoms with Crippen LogP contribution in [0.4, 0.5) is 0 Å². The van der Waals surface area contributed by atoms with Crippen LogP contribution in [-0.4, -0.2) is 24.5 Å². The summed E-state index contributed by atoms with van der Waals surface area (Å²) in [5, 5.41) is 2.85. The predicted octanol–water partition coefficient (Wildman–Crippen LogP) is 3.92. The second kappa shape index (κ2) is 8.29. The van der Waals surface area contributed by atoms with Crippen molar-refractivity contribution in [3.05, 3.63) is 33.0 Å². The molecule has 1 aliphatic rings. The maximum atomic E-state index is 12.1. The van der Waals surface area contributed by atoms with Crippen molar-refractivity contribution < 1.29 is 14.3 Å². The molecule has 5 heteroatoms. The summed E-state index contributed by atoms with van der Waals surface area (Å²) in [6.07, 6.45) is 7.18. The maximum Gasteiger partial charge on any atom is 0.340 e. The quantitative estimate of drug-likeness (QED) is 0.633. The zero-order chi connectivity index (χ0) is 16.8. The van der Waals surface area contributed by atoms with Crippen LogP contribution in [0.2, 0.25) is 0 Å². The van der Waals surface area contributed by atoms with E-state index in [0.717, 1.165) is 29.0 Å².